The molecule has 3 nitrogen and oxygen atoms in total. The molecule has 3 heteroatoms. The van der Waals surface area contributed by atoms with Crippen molar-refractivity contribution in [2.45, 2.75) is 0 Å². The highest BCUT2D eigenvalue weighted by Crippen LogP contribution is 2.29. The zero-order valence-corrected chi connectivity index (χ0v) is 15.6. The summed E-state index contributed by atoms with van der Waals surface area (Å²) in [6, 6.07) is 26.2. The molecule has 3 aromatic rings. The summed E-state index contributed by atoms with van der Waals surface area (Å²) in [5.41, 5.74) is 3.26. The molecule has 0 saturated heterocycles. The van der Waals surface area contributed by atoms with Crippen LogP contribution in [0.1, 0.15) is 5.56 Å². The Morgan fingerprint density at radius 1 is 0.630 bits per heavy atom. The fourth-order valence-corrected chi connectivity index (χ4v) is 2.67. The molecule has 0 aliphatic heterocycles. The first-order chi connectivity index (χ1) is 13.3. The van der Waals surface area contributed by atoms with Crippen molar-refractivity contribution in [1.29, 1.82) is 0 Å². The highest BCUT2D eigenvalue weighted by atomic mass is 16.5. The van der Waals surface area contributed by atoms with Crippen LogP contribution in [-0.2, 0) is 0 Å². The molecule has 136 valence electrons. The van der Waals surface area contributed by atoms with E-state index in [4.69, 9.17) is 9.47 Å². The quantitative estimate of drug-likeness (QED) is 0.479. The smallest absolute Gasteiger partial charge is 0.119 e. The van der Waals surface area contributed by atoms with Crippen molar-refractivity contribution in [3.05, 3.63) is 103 Å². The molecular weight excluding hydrogens is 334 g/mol. The van der Waals surface area contributed by atoms with Gasteiger partial charge in [0.25, 0.3) is 0 Å². The summed E-state index contributed by atoms with van der Waals surface area (Å²) in [4.78, 5) is 2.12. The van der Waals surface area contributed by atoms with Gasteiger partial charge in [-0.25, -0.2) is 0 Å². The SMILES string of the molecule is COc1ccc(N(/C=C/C=Cc2ccccc2)c2ccc(OC)cc2)cc1. The van der Waals surface area contributed by atoms with Gasteiger partial charge in [-0.05, 0) is 60.2 Å². The summed E-state index contributed by atoms with van der Waals surface area (Å²) in [5.74, 6) is 1.67. The van der Waals surface area contributed by atoms with Gasteiger partial charge in [0.05, 0.1) is 14.2 Å². The third-order valence-electron chi connectivity index (χ3n) is 4.14. The Morgan fingerprint density at radius 3 is 1.63 bits per heavy atom. The van der Waals surface area contributed by atoms with Crippen LogP contribution in [0.2, 0.25) is 0 Å². The highest BCUT2D eigenvalue weighted by molar-refractivity contribution is 5.67. The molecule has 0 heterocycles. The van der Waals surface area contributed by atoms with Gasteiger partial charge in [-0.15, -0.1) is 0 Å². The van der Waals surface area contributed by atoms with E-state index in [2.05, 4.69) is 23.1 Å². The normalized spacial score (nSPS) is 11.0. The lowest BCUT2D eigenvalue weighted by molar-refractivity contribution is 0.415. The van der Waals surface area contributed by atoms with Crippen molar-refractivity contribution >= 4 is 17.5 Å². The second-order valence-electron chi connectivity index (χ2n) is 5.88. The molecule has 3 aromatic carbocycles. The number of allylic oxidation sites excluding steroid dienone is 2. The van der Waals surface area contributed by atoms with E-state index in [1.54, 1.807) is 14.2 Å². The topological polar surface area (TPSA) is 21.7 Å². The number of rotatable bonds is 7. The fraction of sp³-hybridized carbons (Fsp3) is 0.0833. The number of ether oxygens (including phenoxy) is 2. The number of anilines is 2. The highest BCUT2D eigenvalue weighted by Gasteiger charge is 2.06. The molecule has 0 aliphatic rings. The summed E-state index contributed by atoms with van der Waals surface area (Å²) in [5, 5.41) is 0. The van der Waals surface area contributed by atoms with Crippen LogP contribution in [0, 0.1) is 0 Å². The molecule has 0 saturated carbocycles. The van der Waals surface area contributed by atoms with Gasteiger partial charge in [0.1, 0.15) is 11.5 Å². The van der Waals surface area contributed by atoms with E-state index in [1.165, 1.54) is 5.56 Å². The van der Waals surface area contributed by atoms with Gasteiger partial charge in [-0.3, -0.25) is 0 Å². The predicted molar refractivity (Wildman–Crippen MR) is 113 cm³/mol. The van der Waals surface area contributed by atoms with Crippen LogP contribution in [0.4, 0.5) is 11.4 Å². The molecule has 0 aliphatic carbocycles. The molecule has 0 bridgehead atoms. The summed E-state index contributed by atoms with van der Waals surface area (Å²) in [6.07, 6.45) is 8.19. The lowest BCUT2D eigenvalue weighted by atomic mass is 10.2. The molecule has 3 rings (SSSR count). The van der Waals surface area contributed by atoms with Gasteiger partial charge in [0.2, 0.25) is 0 Å². The van der Waals surface area contributed by atoms with Crippen molar-refractivity contribution in [1.82, 2.24) is 0 Å². The summed E-state index contributed by atoms with van der Waals surface area (Å²) < 4.78 is 10.5. The van der Waals surface area contributed by atoms with Gasteiger partial charge >= 0.3 is 0 Å². The van der Waals surface area contributed by atoms with E-state index in [9.17, 15) is 0 Å². The van der Waals surface area contributed by atoms with Crippen LogP contribution >= 0.6 is 0 Å². The van der Waals surface area contributed by atoms with E-state index in [1.807, 2.05) is 85.1 Å². The average Bonchev–Trinajstić information content (AvgIpc) is 2.75. The van der Waals surface area contributed by atoms with E-state index in [0.717, 1.165) is 22.9 Å². The average molecular weight is 357 g/mol. The van der Waals surface area contributed by atoms with Crippen LogP contribution in [0.3, 0.4) is 0 Å². The second kappa shape index (κ2) is 9.30. The molecule has 0 spiro atoms. The Bertz CT molecular complexity index is 834. The number of benzene rings is 3. The molecule has 0 amide bonds. The van der Waals surface area contributed by atoms with Crippen LogP contribution in [0.5, 0.6) is 11.5 Å². The Labute approximate surface area is 160 Å². The molecule has 0 N–H and O–H groups in total. The first-order valence-corrected chi connectivity index (χ1v) is 8.77. The summed E-state index contributed by atoms with van der Waals surface area (Å²) in [6.45, 7) is 0. The van der Waals surface area contributed by atoms with Gasteiger partial charge < -0.3 is 14.4 Å². The maximum atomic E-state index is 5.27. The van der Waals surface area contributed by atoms with E-state index >= 15 is 0 Å². The zero-order valence-electron chi connectivity index (χ0n) is 15.6. The summed E-state index contributed by atoms with van der Waals surface area (Å²) in [7, 11) is 3.34. The minimum absolute atomic E-state index is 0.835. The molecule has 0 aromatic heterocycles. The minimum Gasteiger partial charge on any atom is -0.497 e. The van der Waals surface area contributed by atoms with Crippen LogP contribution in [0.15, 0.2) is 97.2 Å². The van der Waals surface area contributed by atoms with E-state index < -0.39 is 0 Å². The van der Waals surface area contributed by atoms with E-state index in [-0.39, 0.29) is 0 Å². The molecule has 0 unspecified atom stereocenters. The number of hydrogen-bond donors (Lipinski definition) is 0. The molecular formula is C24H23NO2. The maximum Gasteiger partial charge on any atom is 0.119 e. The zero-order chi connectivity index (χ0) is 18.9. The van der Waals surface area contributed by atoms with Crippen molar-refractivity contribution in [2.24, 2.45) is 0 Å². The number of nitrogens with zero attached hydrogens (tertiary/aromatic N) is 1. The fourth-order valence-electron chi connectivity index (χ4n) is 2.67. The Kier molecular flexibility index (Phi) is 6.31. The standard InChI is InChI=1S/C24H23NO2/c1-26-23-15-11-21(12-16-23)25(22-13-17-24(27-2)18-14-22)19-7-6-10-20-8-4-3-5-9-20/h3-19H,1-2H3/b10-6?,19-7+. The predicted octanol–water partition coefficient (Wildman–Crippen LogP) is 6.07. The third kappa shape index (κ3) is 5.02. The Balaban J connectivity index is 1.86. The van der Waals surface area contributed by atoms with Crippen LogP contribution < -0.4 is 14.4 Å². The van der Waals surface area contributed by atoms with Gasteiger partial charge in [-0.2, -0.15) is 0 Å². The van der Waals surface area contributed by atoms with Crippen molar-refractivity contribution in [3.8, 4) is 11.5 Å². The Hall–Kier alpha value is -3.46. The molecule has 0 radical (unpaired) electrons. The van der Waals surface area contributed by atoms with E-state index in [0.29, 0.717) is 0 Å². The lowest BCUT2D eigenvalue weighted by Crippen LogP contribution is -2.08. The summed E-state index contributed by atoms with van der Waals surface area (Å²) >= 11 is 0. The minimum atomic E-state index is 0.835. The van der Waals surface area contributed by atoms with Gasteiger partial charge in [-0.1, -0.05) is 42.5 Å². The third-order valence-corrected chi connectivity index (χ3v) is 4.14. The second-order valence-corrected chi connectivity index (χ2v) is 5.88. The van der Waals surface area contributed by atoms with Gasteiger partial charge in [0.15, 0.2) is 0 Å². The number of methoxy groups -OCH3 is 2. The largest absolute Gasteiger partial charge is 0.497 e. The lowest BCUT2D eigenvalue weighted by Gasteiger charge is -2.21. The van der Waals surface area contributed by atoms with Crippen molar-refractivity contribution < 1.29 is 9.47 Å². The van der Waals surface area contributed by atoms with Crippen LogP contribution in [0.25, 0.3) is 6.08 Å². The Morgan fingerprint density at radius 2 is 1.15 bits per heavy atom. The first-order valence-electron chi connectivity index (χ1n) is 8.77. The molecule has 27 heavy (non-hydrogen) atoms. The van der Waals surface area contributed by atoms with Crippen molar-refractivity contribution in [2.75, 3.05) is 19.1 Å². The molecule has 0 atom stereocenters. The molecule has 0 fully saturated rings. The van der Waals surface area contributed by atoms with Crippen LogP contribution in [-0.4, -0.2) is 14.2 Å². The maximum absolute atomic E-state index is 5.27. The first kappa shape index (κ1) is 18.3. The van der Waals surface area contributed by atoms with Gasteiger partial charge in [0, 0.05) is 17.6 Å². The number of hydrogen-bond acceptors (Lipinski definition) is 3. The monoisotopic (exact) mass is 357 g/mol. The van der Waals surface area contributed by atoms with Crippen molar-refractivity contribution in [3.63, 3.8) is 0 Å².